The van der Waals surface area contributed by atoms with E-state index < -0.39 is 0 Å². The van der Waals surface area contributed by atoms with Crippen LogP contribution in [0.3, 0.4) is 0 Å². The molecule has 0 amide bonds. The highest BCUT2D eigenvalue weighted by atomic mass is 16.1. The molecule has 0 aliphatic rings. The molecule has 15 heavy (non-hydrogen) atoms. The van der Waals surface area contributed by atoms with Crippen LogP contribution in [0.1, 0.15) is 37.2 Å². The first-order valence-electron chi connectivity index (χ1n) is 5.08. The van der Waals surface area contributed by atoms with Gasteiger partial charge in [-0.25, -0.2) is 4.98 Å². The zero-order valence-corrected chi connectivity index (χ0v) is 9.36. The second kappa shape index (κ2) is 4.87. The van der Waals surface area contributed by atoms with Crippen LogP contribution >= 0.6 is 0 Å². The first-order valence-corrected chi connectivity index (χ1v) is 5.08. The van der Waals surface area contributed by atoms with E-state index in [1.54, 1.807) is 24.1 Å². The number of hydrogen-bond acceptors (Lipinski definition) is 3. The van der Waals surface area contributed by atoms with Gasteiger partial charge in [-0.05, 0) is 6.42 Å². The molecule has 0 fully saturated rings. The quantitative estimate of drug-likeness (QED) is 0.545. The van der Waals surface area contributed by atoms with Crippen LogP contribution in [0.5, 0.6) is 0 Å². The monoisotopic (exact) mass is 208 g/mol. The van der Waals surface area contributed by atoms with Gasteiger partial charge in [-0.3, -0.25) is 9.59 Å². The number of ketones is 2. The Morgan fingerprint density at radius 3 is 2.67 bits per heavy atom. The van der Waals surface area contributed by atoms with E-state index in [9.17, 15) is 9.59 Å². The zero-order chi connectivity index (χ0) is 11.4. The molecule has 0 aliphatic carbocycles. The molecule has 1 aromatic rings. The second-order valence-corrected chi connectivity index (χ2v) is 3.80. The number of carbonyl (C=O) groups excluding carboxylic acids is 2. The van der Waals surface area contributed by atoms with E-state index in [0.717, 1.165) is 6.42 Å². The van der Waals surface area contributed by atoms with Crippen molar-refractivity contribution in [3.05, 3.63) is 18.2 Å². The normalized spacial score (nSPS) is 12.5. The van der Waals surface area contributed by atoms with E-state index >= 15 is 0 Å². The number of aromatic nitrogens is 2. The summed E-state index contributed by atoms with van der Waals surface area (Å²) >= 11 is 0. The minimum atomic E-state index is -0.194. The van der Waals surface area contributed by atoms with Crippen molar-refractivity contribution >= 4 is 11.6 Å². The summed E-state index contributed by atoms with van der Waals surface area (Å²) in [5.41, 5.74) is 0.370. The number of aryl methyl sites for hydroxylation is 1. The smallest absolute Gasteiger partial charge is 0.190 e. The molecule has 1 unspecified atom stereocenters. The second-order valence-electron chi connectivity index (χ2n) is 3.80. The number of hydrogen-bond donors (Lipinski definition) is 0. The highest BCUT2D eigenvalue weighted by Gasteiger charge is 2.17. The molecule has 0 bridgehead atoms. The Labute approximate surface area is 89.3 Å². The van der Waals surface area contributed by atoms with Gasteiger partial charge in [0.15, 0.2) is 5.78 Å². The minimum Gasteiger partial charge on any atom is -0.340 e. The summed E-state index contributed by atoms with van der Waals surface area (Å²) in [4.78, 5) is 27.0. The fourth-order valence-corrected chi connectivity index (χ4v) is 1.21. The SMILES string of the molecule is CCC(C)C(=O)CC(=O)c1cn(C)cn1. The van der Waals surface area contributed by atoms with Crippen molar-refractivity contribution in [1.82, 2.24) is 9.55 Å². The maximum Gasteiger partial charge on any atom is 0.190 e. The third-order valence-corrected chi connectivity index (χ3v) is 2.49. The summed E-state index contributed by atoms with van der Waals surface area (Å²) in [7, 11) is 1.79. The molecule has 0 radical (unpaired) electrons. The van der Waals surface area contributed by atoms with Gasteiger partial charge in [-0.2, -0.15) is 0 Å². The summed E-state index contributed by atoms with van der Waals surface area (Å²) in [6, 6.07) is 0. The highest BCUT2D eigenvalue weighted by molar-refractivity contribution is 6.07. The Morgan fingerprint density at radius 1 is 1.53 bits per heavy atom. The Balaban J connectivity index is 2.60. The van der Waals surface area contributed by atoms with Gasteiger partial charge in [-0.15, -0.1) is 0 Å². The van der Waals surface area contributed by atoms with Crippen LogP contribution in [0.25, 0.3) is 0 Å². The molecule has 82 valence electrons. The van der Waals surface area contributed by atoms with Crippen LogP contribution in [0.4, 0.5) is 0 Å². The number of nitrogens with zero attached hydrogens (tertiary/aromatic N) is 2. The van der Waals surface area contributed by atoms with Gasteiger partial charge >= 0.3 is 0 Å². The maximum absolute atomic E-state index is 11.6. The van der Waals surface area contributed by atoms with Crippen LogP contribution in [0.15, 0.2) is 12.5 Å². The predicted octanol–water partition coefficient (Wildman–Crippen LogP) is 1.61. The molecule has 0 spiro atoms. The lowest BCUT2D eigenvalue weighted by Crippen LogP contribution is -2.15. The van der Waals surface area contributed by atoms with E-state index in [1.807, 2.05) is 13.8 Å². The Hall–Kier alpha value is -1.45. The van der Waals surface area contributed by atoms with Crippen molar-refractivity contribution in [3.8, 4) is 0 Å². The van der Waals surface area contributed by atoms with E-state index in [1.165, 1.54) is 0 Å². The zero-order valence-electron chi connectivity index (χ0n) is 9.36. The average molecular weight is 208 g/mol. The molecule has 4 nitrogen and oxygen atoms in total. The van der Waals surface area contributed by atoms with Crippen molar-refractivity contribution < 1.29 is 9.59 Å². The Bertz CT molecular complexity index is 368. The molecular weight excluding hydrogens is 192 g/mol. The van der Waals surface area contributed by atoms with Gasteiger partial charge in [-0.1, -0.05) is 13.8 Å². The number of carbonyl (C=O) groups is 2. The molecule has 4 heteroatoms. The summed E-state index contributed by atoms with van der Waals surface area (Å²) in [6.07, 6.45) is 3.92. The molecule has 1 heterocycles. The summed E-state index contributed by atoms with van der Waals surface area (Å²) in [5, 5.41) is 0. The number of imidazole rings is 1. The topological polar surface area (TPSA) is 52.0 Å². The third-order valence-electron chi connectivity index (χ3n) is 2.49. The van der Waals surface area contributed by atoms with Crippen molar-refractivity contribution in [2.24, 2.45) is 13.0 Å². The molecule has 0 N–H and O–H groups in total. The summed E-state index contributed by atoms with van der Waals surface area (Å²) < 4.78 is 1.70. The first kappa shape index (κ1) is 11.6. The van der Waals surface area contributed by atoms with Gasteiger partial charge < -0.3 is 4.57 Å². The van der Waals surface area contributed by atoms with Gasteiger partial charge in [0.2, 0.25) is 0 Å². The lowest BCUT2D eigenvalue weighted by Gasteiger charge is -2.04. The van der Waals surface area contributed by atoms with Crippen molar-refractivity contribution in [2.45, 2.75) is 26.7 Å². The van der Waals surface area contributed by atoms with Gasteiger partial charge in [0.05, 0.1) is 12.7 Å². The third kappa shape index (κ3) is 3.01. The molecule has 1 atom stereocenters. The maximum atomic E-state index is 11.6. The van der Waals surface area contributed by atoms with Crippen molar-refractivity contribution in [1.29, 1.82) is 0 Å². The van der Waals surface area contributed by atoms with Crippen LogP contribution in [-0.4, -0.2) is 21.1 Å². The van der Waals surface area contributed by atoms with Crippen LogP contribution in [0.2, 0.25) is 0 Å². The van der Waals surface area contributed by atoms with Crippen LogP contribution in [-0.2, 0) is 11.8 Å². The van der Waals surface area contributed by atoms with Gasteiger partial charge in [0.1, 0.15) is 11.5 Å². The molecule has 0 aliphatic heterocycles. The van der Waals surface area contributed by atoms with Gasteiger partial charge in [0.25, 0.3) is 0 Å². The van der Waals surface area contributed by atoms with Crippen LogP contribution in [0, 0.1) is 5.92 Å². The lowest BCUT2D eigenvalue weighted by molar-refractivity contribution is -0.121. The first-order chi connectivity index (χ1) is 7.04. The highest BCUT2D eigenvalue weighted by Crippen LogP contribution is 2.08. The molecule has 1 rings (SSSR count). The van der Waals surface area contributed by atoms with E-state index in [4.69, 9.17) is 0 Å². The largest absolute Gasteiger partial charge is 0.340 e. The predicted molar refractivity (Wildman–Crippen MR) is 56.6 cm³/mol. The fraction of sp³-hybridized carbons (Fsp3) is 0.545. The van der Waals surface area contributed by atoms with Crippen molar-refractivity contribution in [2.75, 3.05) is 0 Å². The molecular formula is C11H16N2O2. The summed E-state index contributed by atoms with van der Waals surface area (Å²) in [5.74, 6) is -0.244. The number of rotatable bonds is 5. The van der Waals surface area contributed by atoms with E-state index in [0.29, 0.717) is 5.69 Å². The fourth-order valence-electron chi connectivity index (χ4n) is 1.21. The molecule has 1 aromatic heterocycles. The lowest BCUT2D eigenvalue weighted by atomic mass is 9.99. The standard InChI is InChI=1S/C11H16N2O2/c1-4-8(2)10(14)5-11(15)9-6-13(3)7-12-9/h6-8H,4-5H2,1-3H3. The van der Waals surface area contributed by atoms with E-state index in [2.05, 4.69) is 4.98 Å². The Kier molecular flexibility index (Phi) is 3.77. The van der Waals surface area contributed by atoms with Gasteiger partial charge in [0, 0.05) is 19.2 Å². The Morgan fingerprint density at radius 2 is 2.20 bits per heavy atom. The molecule has 0 saturated heterocycles. The molecule has 0 saturated carbocycles. The van der Waals surface area contributed by atoms with E-state index in [-0.39, 0.29) is 23.9 Å². The average Bonchev–Trinajstić information content (AvgIpc) is 2.63. The molecule has 0 aromatic carbocycles. The van der Waals surface area contributed by atoms with Crippen LogP contribution < -0.4 is 0 Å². The van der Waals surface area contributed by atoms with Crippen molar-refractivity contribution in [3.63, 3.8) is 0 Å². The summed E-state index contributed by atoms with van der Waals surface area (Å²) in [6.45, 7) is 3.78. The number of Topliss-reactive ketones (excluding diaryl/α,β-unsaturated/α-hetero) is 2. The minimum absolute atomic E-state index is 0.00634.